The van der Waals surface area contributed by atoms with E-state index in [1.165, 1.54) is 0 Å². The molecule has 1 aromatic carbocycles. The molecule has 0 amide bonds. The van der Waals surface area contributed by atoms with Crippen molar-refractivity contribution < 1.29 is 4.74 Å². The molecule has 2 aromatic heterocycles. The van der Waals surface area contributed by atoms with Gasteiger partial charge in [-0.2, -0.15) is 5.10 Å². The maximum Gasteiger partial charge on any atom is 0.155 e. The standard InChI is InChI=1S/C17H18ClN3O/c1-10(2)14-7-8-21(20-14)16-9-13(18)12-5-6-15(22-4)11(3)17(12)19-16/h5-10H,1-4H3. The van der Waals surface area contributed by atoms with Crippen LogP contribution in [0.15, 0.2) is 30.5 Å². The van der Waals surface area contributed by atoms with E-state index in [0.717, 1.165) is 27.9 Å². The molecule has 0 radical (unpaired) electrons. The zero-order valence-electron chi connectivity index (χ0n) is 13.1. The van der Waals surface area contributed by atoms with Crippen molar-refractivity contribution in [3.63, 3.8) is 0 Å². The molecule has 0 fully saturated rings. The van der Waals surface area contributed by atoms with Crippen LogP contribution in [-0.4, -0.2) is 21.9 Å². The van der Waals surface area contributed by atoms with Gasteiger partial charge in [0, 0.05) is 23.2 Å². The highest BCUT2D eigenvalue weighted by atomic mass is 35.5. The van der Waals surface area contributed by atoms with Gasteiger partial charge in [0.2, 0.25) is 0 Å². The van der Waals surface area contributed by atoms with Gasteiger partial charge in [-0.25, -0.2) is 9.67 Å². The Hall–Kier alpha value is -2.07. The van der Waals surface area contributed by atoms with Crippen LogP contribution in [0, 0.1) is 6.92 Å². The number of fused-ring (bicyclic) bond motifs is 1. The van der Waals surface area contributed by atoms with Crippen molar-refractivity contribution >= 4 is 22.5 Å². The molecule has 0 aliphatic heterocycles. The highest BCUT2D eigenvalue weighted by Crippen LogP contribution is 2.31. The number of hydrogen-bond donors (Lipinski definition) is 0. The Morgan fingerprint density at radius 3 is 2.64 bits per heavy atom. The van der Waals surface area contributed by atoms with Crippen LogP contribution in [0.25, 0.3) is 16.7 Å². The second-order valence-corrected chi connectivity index (χ2v) is 6.00. The van der Waals surface area contributed by atoms with Gasteiger partial charge >= 0.3 is 0 Å². The number of rotatable bonds is 3. The molecule has 0 saturated carbocycles. The van der Waals surface area contributed by atoms with E-state index in [4.69, 9.17) is 21.3 Å². The van der Waals surface area contributed by atoms with E-state index in [0.29, 0.717) is 16.8 Å². The molecule has 0 atom stereocenters. The van der Waals surface area contributed by atoms with Gasteiger partial charge in [0.1, 0.15) is 5.75 Å². The lowest BCUT2D eigenvalue weighted by Gasteiger charge is -2.10. The molecule has 0 saturated heterocycles. The zero-order chi connectivity index (χ0) is 15.9. The predicted octanol–water partition coefficient (Wildman–Crippen LogP) is 4.51. The van der Waals surface area contributed by atoms with Gasteiger partial charge in [-0.15, -0.1) is 0 Å². The van der Waals surface area contributed by atoms with Crippen molar-refractivity contribution in [1.82, 2.24) is 14.8 Å². The molecule has 3 aromatic rings. The summed E-state index contributed by atoms with van der Waals surface area (Å²) in [4.78, 5) is 4.72. The number of hydrogen-bond acceptors (Lipinski definition) is 3. The molecule has 22 heavy (non-hydrogen) atoms. The lowest BCUT2D eigenvalue weighted by atomic mass is 10.1. The monoisotopic (exact) mass is 315 g/mol. The molecule has 4 nitrogen and oxygen atoms in total. The van der Waals surface area contributed by atoms with E-state index in [-0.39, 0.29) is 0 Å². The zero-order valence-corrected chi connectivity index (χ0v) is 13.8. The average molecular weight is 316 g/mol. The summed E-state index contributed by atoms with van der Waals surface area (Å²) in [5.74, 6) is 1.89. The van der Waals surface area contributed by atoms with Crippen LogP contribution in [0.4, 0.5) is 0 Å². The molecule has 3 rings (SSSR count). The number of aromatic nitrogens is 3. The van der Waals surface area contributed by atoms with Crippen LogP contribution in [-0.2, 0) is 0 Å². The third-order valence-electron chi connectivity index (χ3n) is 3.78. The van der Waals surface area contributed by atoms with Crippen molar-refractivity contribution in [1.29, 1.82) is 0 Å². The number of nitrogens with zero attached hydrogens (tertiary/aromatic N) is 3. The number of benzene rings is 1. The minimum absolute atomic E-state index is 0.374. The molecule has 0 bridgehead atoms. The highest BCUT2D eigenvalue weighted by Gasteiger charge is 2.12. The number of methoxy groups -OCH3 is 1. The number of pyridine rings is 1. The molecular formula is C17H18ClN3O. The number of ether oxygens (including phenoxy) is 1. The van der Waals surface area contributed by atoms with Gasteiger partial charge in [0.25, 0.3) is 0 Å². The van der Waals surface area contributed by atoms with Crippen molar-refractivity contribution in [3.05, 3.63) is 46.7 Å². The van der Waals surface area contributed by atoms with Gasteiger partial charge in [-0.05, 0) is 31.0 Å². The Morgan fingerprint density at radius 1 is 1.23 bits per heavy atom. The fourth-order valence-electron chi connectivity index (χ4n) is 2.47. The lowest BCUT2D eigenvalue weighted by molar-refractivity contribution is 0.412. The van der Waals surface area contributed by atoms with E-state index in [9.17, 15) is 0 Å². The van der Waals surface area contributed by atoms with Crippen LogP contribution in [0.5, 0.6) is 5.75 Å². The normalized spacial score (nSPS) is 11.4. The maximum atomic E-state index is 6.43. The Kier molecular flexibility index (Phi) is 3.79. The van der Waals surface area contributed by atoms with Gasteiger partial charge in [-0.1, -0.05) is 25.4 Å². The third-order valence-corrected chi connectivity index (χ3v) is 4.09. The summed E-state index contributed by atoms with van der Waals surface area (Å²) >= 11 is 6.43. The Labute approximate surface area is 134 Å². The summed E-state index contributed by atoms with van der Waals surface area (Å²) in [6.45, 7) is 6.21. The summed E-state index contributed by atoms with van der Waals surface area (Å²) in [5.41, 5.74) is 2.84. The summed E-state index contributed by atoms with van der Waals surface area (Å²) < 4.78 is 7.13. The van der Waals surface area contributed by atoms with E-state index in [1.807, 2.05) is 37.4 Å². The van der Waals surface area contributed by atoms with Crippen LogP contribution >= 0.6 is 11.6 Å². The lowest BCUT2D eigenvalue weighted by Crippen LogP contribution is -2.01. The minimum Gasteiger partial charge on any atom is -0.496 e. The van der Waals surface area contributed by atoms with E-state index in [2.05, 4.69) is 18.9 Å². The molecule has 2 heterocycles. The topological polar surface area (TPSA) is 39.9 Å². The van der Waals surface area contributed by atoms with Crippen LogP contribution in [0.1, 0.15) is 31.0 Å². The molecule has 0 aliphatic rings. The summed E-state index contributed by atoms with van der Waals surface area (Å²) in [6.07, 6.45) is 1.91. The largest absolute Gasteiger partial charge is 0.496 e. The Morgan fingerprint density at radius 2 is 2.00 bits per heavy atom. The number of aryl methyl sites for hydroxylation is 1. The first kappa shape index (κ1) is 14.9. The maximum absolute atomic E-state index is 6.43. The molecule has 0 unspecified atom stereocenters. The van der Waals surface area contributed by atoms with E-state index < -0.39 is 0 Å². The van der Waals surface area contributed by atoms with Crippen LogP contribution in [0.2, 0.25) is 5.02 Å². The van der Waals surface area contributed by atoms with Crippen molar-refractivity contribution in [2.24, 2.45) is 0 Å². The number of halogens is 1. The average Bonchev–Trinajstić information content (AvgIpc) is 2.98. The van der Waals surface area contributed by atoms with Crippen molar-refractivity contribution in [2.45, 2.75) is 26.7 Å². The molecule has 114 valence electrons. The van der Waals surface area contributed by atoms with E-state index in [1.54, 1.807) is 11.8 Å². The van der Waals surface area contributed by atoms with Crippen molar-refractivity contribution in [3.8, 4) is 11.6 Å². The third kappa shape index (κ3) is 2.44. The second-order valence-electron chi connectivity index (χ2n) is 5.59. The van der Waals surface area contributed by atoms with Crippen LogP contribution in [0.3, 0.4) is 0 Å². The Balaban J connectivity index is 2.20. The van der Waals surface area contributed by atoms with E-state index >= 15 is 0 Å². The first-order valence-corrected chi connectivity index (χ1v) is 7.59. The first-order chi connectivity index (χ1) is 10.5. The Bertz CT molecular complexity index is 839. The van der Waals surface area contributed by atoms with Gasteiger partial charge < -0.3 is 4.74 Å². The fourth-order valence-corrected chi connectivity index (χ4v) is 2.72. The molecule has 0 spiro atoms. The minimum atomic E-state index is 0.374. The highest BCUT2D eigenvalue weighted by molar-refractivity contribution is 6.35. The van der Waals surface area contributed by atoms with Crippen molar-refractivity contribution in [2.75, 3.05) is 7.11 Å². The molecule has 0 N–H and O–H groups in total. The SMILES string of the molecule is COc1ccc2c(Cl)cc(-n3ccc(C(C)C)n3)nc2c1C. The van der Waals surface area contributed by atoms with Gasteiger partial charge in [-0.3, -0.25) is 0 Å². The summed E-state index contributed by atoms with van der Waals surface area (Å²) in [5, 5.41) is 6.14. The molecular weight excluding hydrogens is 298 g/mol. The van der Waals surface area contributed by atoms with Gasteiger partial charge in [0.05, 0.1) is 23.3 Å². The molecule has 5 heteroatoms. The molecule has 0 aliphatic carbocycles. The van der Waals surface area contributed by atoms with Gasteiger partial charge in [0.15, 0.2) is 5.82 Å². The summed E-state index contributed by atoms with van der Waals surface area (Å²) in [7, 11) is 1.65. The van der Waals surface area contributed by atoms with Crippen LogP contribution < -0.4 is 4.74 Å². The smallest absolute Gasteiger partial charge is 0.155 e. The fraction of sp³-hybridized carbons (Fsp3) is 0.294. The first-order valence-electron chi connectivity index (χ1n) is 7.21. The predicted molar refractivity (Wildman–Crippen MR) is 89.3 cm³/mol. The second kappa shape index (κ2) is 5.61. The quantitative estimate of drug-likeness (QED) is 0.713. The summed E-state index contributed by atoms with van der Waals surface area (Å²) in [6, 6.07) is 7.69.